The number of carbonyl (C=O) groups is 2. The fraction of sp³-hybridized carbons (Fsp3) is 0.261. The van der Waals surface area contributed by atoms with Crippen molar-refractivity contribution < 1.29 is 19.1 Å². The molecule has 0 spiro atoms. The molecule has 3 N–H and O–H groups in total. The van der Waals surface area contributed by atoms with E-state index in [1.165, 1.54) is 0 Å². The molecule has 1 aliphatic heterocycles. The Kier molecular flexibility index (Phi) is 6.51. The molecule has 0 bridgehead atoms. The second-order valence-corrected chi connectivity index (χ2v) is 6.86. The van der Waals surface area contributed by atoms with Crippen molar-refractivity contribution in [1.29, 1.82) is 5.41 Å². The van der Waals surface area contributed by atoms with E-state index in [2.05, 4.69) is 0 Å². The first-order valence-corrected chi connectivity index (χ1v) is 9.73. The molecule has 30 heavy (non-hydrogen) atoms. The number of nitrogens with two attached hydrogens (primary N) is 1. The number of methoxy groups -OCH3 is 1. The van der Waals surface area contributed by atoms with Crippen LogP contribution in [0.1, 0.15) is 30.0 Å². The SMILES string of the molecule is CCOC(=O)CCc1ccc(C2=C(OC)CN(c3ccc(C(=N)N)cc3)C2=O)cc1. The first-order valence-electron chi connectivity index (χ1n) is 9.73. The molecule has 2 aromatic carbocycles. The predicted octanol–water partition coefficient (Wildman–Crippen LogP) is 2.87. The highest BCUT2D eigenvalue weighted by atomic mass is 16.5. The van der Waals surface area contributed by atoms with Gasteiger partial charge in [-0.15, -0.1) is 0 Å². The number of rotatable bonds is 8. The van der Waals surface area contributed by atoms with E-state index in [9.17, 15) is 9.59 Å². The molecule has 3 rings (SSSR count). The summed E-state index contributed by atoms with van der Waals surface area (Å²) in [5.74, 6) is 0.203. The topological polar surface area (TPSA) is 106 Å². The van der Waals surface area contributed by atoms with Crippen LogP contribution in [0.2, 0.25) is 0 Å². The summed E-state index contributed by atoms with van der Waals surface area (Å²) < 4.78 is 10.5. The lowest BCUT2D eigenvalue weighted by atomic mass is 10.0. The van der Waals surface area contributed by atoms with Crippen LogP contribution in [0.5, 0.6) is 0 Å². The van der Waals surface area contributed by atoms with Crippen LogP contribution in [0.3, 0.4) is 0 Å². The Morgan fingerprint density at radius 1 is 1.13 bits per heavy atom. The minimum atomic E-state index is -0.219. The quantitative estimate of drug-likeness (QED) is 0.398. The molecule has 0 unspecified atom stereocenters. The second-order valence-electron chi connectivity index (χ2n) is 6.86. The molecular weight excluding hydrogens is 382 g/mol. The van der Waals surface area contributed by atoms with Crippen LogP contribution in [0, 0.1) is 5.41 Å². The number of anilines is 1. The van der Waals surface area contributed by atoms with Crippen LogP contribution < -0.4 is 10.6 Å². The number of nitrogens with one attached hydrogen (secondary N) is 1. The summed E-state index contributed by atoms with van der Waals surface area (Å²) in [5.41, 5.74) is 9.09. The number of nitrogens with zero attached hydrogens (tertiary/aromatic N) is 1. The van der Waals surface area contributed by atoms with Crippen molar-refractivity contribution in [3.8, 4) is 0 Å². The molecule has 1 amide bonds. The number of hydrogen-bond donors (Lipinski definition) is 2. The maximum atomic E-state index is 13.1. The Hall–Kier alpha value is -3.61. The van der Waals surface area contributed by atoms with Crippen LogP contribution in [0.15, 0.2) is 54.3 Å². The first kappa shape index (κ1) is 21.1. The van der Waals surface area contributed by atoms with Crippen molar-refractivity contribution in [2.75, 3.05) is 25.2 Å². The molecule has 2 aromatic rings. The third kappa shape index (κ3) is 4.51. The number of benzene rings is 2. The largest absolute Gasteiger partial charge is 0.498 e. The number of amidine groups is 1. The number of aryl methyl sites for hydroxylation is 1. The van der Waals surface area contributed by atoms with Gasteiger partial charge in [-0.25, -0.2) is 0 Å². The number of hydrogen-bond acceptors (Lipinski definition) is 5. The summed E-state index contributed by atoms with van der Waals surface area (Å²) in [6, 6.07) is 14.5. The lowest BCUT2D eigenvalue weighted by Gasteiger charge is -2.17. The number of nitrogen functional groups attached to an aromatic ring is 1. The van der Waals surface area contributed by atoms with Crippen molar-refractivity contribution in [2.45, 2.75) is 19.8 Å². The molecule has 0 aliphatic carbocycles. The summed E-state index contributed by atoms with van der Waals surface area (Å²) in [7, 11) is 1.55. The molecule has 1 aliphatic rings. The van der Waals surface area contributed by atoms with E-state index >= 15 is 0 Å². The van der Waals surface area contributed by atoms with E-state index in [0.29, 0.717) is 48.6 Å². The minimum Gasteiger partial charge on any atom is -0.498 e. The summed E-state index contributed by atoms with van der Waals surface area (Å²) >= 11 is 0. The van der Waals surface area contributed by atoms with Gasteiger partial charge in [0.15, 0.2) is 0 Å². The zero-order valence-corrected chi connectivity index (χ0v) is 17.1. The molecular formula is C23H25N3O4. The van der Waals surface area contributed by atoms with E-state index in [1.807, 2.05) is 24.3 Å². The van der Waals surface area contributed by atoms with Gasteiger partial charge in [-0.1, -0.05) is 24.3 Å². The molecule has 0 radical (unpaired) electrons. The summed E-state index contributed by atoms with van der Waals surface area (Å²) in [6.07, 6.45) is 0.903. The third-order valence-electron chi connectivity index (χ3n) is 4.94. The van der Waals surface area contributed by atoms with E-state index in [0.717, 1.165) is 11.1 Å². The smallest absolute Gasteiger partial charge is 0.306 e. The van der Waals surface area contributed by atoms with Crippen molar-refractivity contribution in [2.24, 2.45) is 5.73 Å². The van der Waals surface area contributed by atoms with Crippen molar-refractivity contribution >= 4 is 29.0 Å². The van der Waals surface area contributed by atoms with Gasteiger partial charge >= 0.3 is 5.97 Å². The Morgan fingerprint density at radius 2 is 1.80 bits per heavy atom. The lowest BCUT2D eigenvalue weighted by Crippen LogP contribution is -2.26. The third-order valence-corrected chi connectivity index (χ3v) is 4.94. The molecule has 0 atom stereocenters. The predicted molar refractivity (Wildman–Crippen MR) is 115 cm³/mol. The molecule has 156 valence electrons. The van der Waals surface area contributed by atoms with Crippen LogP contribution >= 0.6 is 0 Å². The summed E-state index contributed by atoms with van der Waals surface area (Å²) in [6.45, 7) is 2.49. The van der Waals surface area contributed by atoms with E-state index in [1.54, 1.807) is 43.2 Å². The highest BCUT2D eigenvalue weighted by Crippen LogP contribution is 2.32. The fourth-order valence-corrected chi connectivity index (χ4v) is 3.35. The first-order chi connectivity index (χ1) is 14.4. The Bertz CT molecular complexity index is 979. The summed E-state index contributed by atoms with van der Waals surface area (Å²) in [4.78, 5) is 26.3. The average Bonchev–Trinajstić information content (AvgIpc) is 3.09. The lowest BCUT2D eigenvalue weighted by molar-refractivity contribution is -0.143. The Balaban J connectivity index is 1.76. The van der Waals surface area contributed by atoms with Crippen LogP contribution in [0.4, 0.5) is 5.69 Å². The average molecular weight is 407 g/mol. The molecule has 0 fully saturated rings. The minimum absolute atomic E-state index is 0.0197. The zero-order valence-electron chi connectivity index (χ0n) is 17.1. The number of amides is 1. The maximum Gasteiger partial charge on any atom is 0.306 e. The Labute approximate surface area is 175 Å². The van der Waals surface area contributed by atoms with Gasteiger partial charge in [0.25, 0.3) is 5.91 Å². The van der Waals surface area contributed by atoms with Gasteiger partial charge in [-0.2, -0.15) is 0 Å². The fourth-order valence-electron chi connectivity index (χ4n) is 3.35. The van der Waals surface area contributed by atoms with Gasteiger partial charge in [0.2, 0.25) is 0 Å². The number of carbonyl (C=O) groups excluding carboxylic acids is 2. The highest BCUT2D eigenvalue weighted by molar-refractivity contribution is 6.29. The Morgan fingerprint density at radius 3 is 2.37 bits per heavy atom. The van der Waals surface area contributed by atoms with E-state index < -0.39 is 0 Å². The van der Waals surface area contributed by atoms with E-state index in [4.69, 9.17) is 20.6 Å². The van der Waals surface area contributed by atoms with E-state index in [-0.39, 0.29) is 17.7 Å². The van der Waals surface area contributed by atoms with Crippen molar-refractivity contribution in [3.63, 3.8) is 0 Å². The molecule has 7 nitrogen and oxygen atoms in total. The standard InChI is InChI=1S/C23H25N3O4/c1-3-30-20(27)13-6-15-4-7-16(8-5-15)21-19(29-2)14-26(23(21)28)18-11-9-17(10-12-18)22(24)25/h4-5,7-12H,3,6,13-14H2,1-2H3,(H3,24,25). The zero-order chi connectivity index (χ0) is 21.7. The summed E-state index contributed by atoms with van der Waals surface area (Å²) in [5, 5.41) is 7.50. The number of esters is 1. The van der Waals surface area contributed by atoms with Crippen LogP contribution in [-0.4, -0.2) is 38.0 Å². The van der Waals surface area contributed by atoms with Gasteiger partial charge in [0.05, 0.1) is 25.8 Å². The van der Waals surface area contributed by atoms with Crippen molar-refractivity contribution in [1.82, 2.24) is 0 Å². The van der Waals surface area contributed by atoms with Crippen LogP contribution in [0.25, 0.3) is 5.57 Å². The van der Waals surface area contributed by atoms with Gasteiger partial charge in [0, 0.05) is 17.7 Å². The molecule has 1 heterocycles. The molecule has 0 saturated carbocycles. The molecule has 0 saturated heterocycles. The molecule has 7 heteroatoms. The monoisotopic (exact) mass is 407 g/mol. The van der Waals surface area contributed by atoms with Gasteiger partial charge in [0.1, 0.15) is 11.6 Å². The highest BCUT2D eigenvalue weighted by Gasteiger charge is 2.33. The van der Waals surface area contributed by atoms with Crippen LogP contribution in [-0.2, 0) is 25.5 Å². The van der Waals surface area contributed by atoms with Gasteiger partial charge in [-0.3, -0.25) is 15.0 Å². The maximum absolute atomic E-state index is 13.1. The van der Waals surface area contributed by atoms with Gasteiger partial charge < -0.3 is 20.1 Å². The van der Waals surface area contributed by atoms with Crippen molar-refractivity contribution in [3.05, 3.63) is 71.0 Å². The molecule has 0 aromatic heterocycles. The number of ether oxygens (including phenoxy) is 2. The normalized spacial score (nSPS) is 13.5. The van der Waals surface area contributed by atoms with Gasteiger partial charge in [-0.05, 0) is 48.7 Å². The second kappa shape index (κ2) is 9.26.